The monoisotopic (exact) mass is 224 g/mol. The van der Waals surface area contributed by atoms with E-state index in [0.717, 1.165) is 37.2 Å². The number of piperazine rings is 1. The second kappa shape index (κ2) is 5.80. The highest BCUT2D eigenvalue weighted by molar-refractivity contribution is 4.91. The fourth-order valence-corrected chi connectivity index (χ4v) is 2.30. The van der Waals surface area contributed by atoms with Crippen LogP contribution in [0.5, 0.6) is 0 Å². The lowest BCUT2D eigenvalue weighted by atomic mass is 10.1. The molecule has 3 nitrogen and oxygen atoms in total. The fourth-order valence-electron chi connectivity index (χ4n) is 2.30. The second-order valence-electron chi connectivity index (χ2n) is 5.21. The van der Waals surface area contributed by atoms with Gasteiger partial charge in [0.05, 0.1) is 13.2 Å². The predicted molar refractivity (Wildman–Crippen MR) is 66.6 cm³/mol. The predicted octanol–water partition coefficient (Wildman–Crippen LogP) is 1.26. The number of ether oxygens (including phenoxy) is 1. The Hall–Kier alpha value is -0.380. The van der Waals surface area contributed by atoms with Crippen LogP contribution >= 0.6 is 0 Å². The smallest absolute Gasteiger partial charge is 0.0672 e. The summed E-state index contributed by atoms with van der Waals surface area (Å²) in [4.78, 5) is 2.53. The topological polar surface area (TPSA) is 24.5 Å². The third-order valence-corrected chi connectivity index (χ3v) is 3.38. The van der Waals surface area contributed by atoms with Crippen molar-refractivity contribution in [3.8, 4) is 0 Å². The molecule has 2 rings (SSSR count). The van der Waals surface area contributed by atoms with Gasteiger partial charge in [-0.1, -0.05) is 12.2 Å². The van der Waals surface area contributed by atoms with Gasteiger partial charge in [-0.25, -0.2) is 0 Å². The molecule has 0 radical (unpaired) electrons. The Bertz CT molecular complexity index is 238. The SMILES string of the molecule is C=C(C)COCCN1CCNC(C2CC2)C1. The van der Waals surface area contributed by atoms with Gasteiger partial charge in [0.25, 0.3) is 0 Å². The van der Waals surface area contributed by atoms with Crippen LogP contribution in [-0.4, -0.2) is 50.3 Å². The maximum absolute atomic E-state index is 5.55. The van der Waals surface area contributed by atoms with E-state index in [2.05, 4.69) is 16.8 Å². The van der Waals surface area contributed by atoms with Crippen LogP contribution in [0.15, 0.2) is 12.2 Å². The van der Waals surface area contributed by atoms with Gasteiger partial charge < -0.3 is 10.1 Å². The zero-order chi connectivity index (χ0) is 11.4. The Morgan fingerprint density at radius 1 is 1.50 bits per heavy atom. The average Bonchev–Trinajstić information content (AvgIpc) is 3.08. The van der Waals surface area contributed by atoms with Gasteiger partial charge in [0.1, 0.15) is 0 Å². The second-order valence-corrected chi connectivity index (χ2v) is 5.21. The van der Waals surface area contributed by atoms with Crippen molar-refractivity contribution in [1.29, 1.82) is 0 Å². The molecule has 1 saturated carbocycles. The van der Waals surface area contributed by atoms with Crippen molar-refractivity contribution in [3.05, 3.63) is 12.2 Å². The van der Waals surface area contributed by atoms with Crippen LogP contribution in [0.2, 0.25) is 0 Å². The molecule has 16 heavy (non-hydrogen) atoms. The van der Waals surface area contributed by atoms with E-state index in [1.165, 1.54) is 25.9 Å². The molecule has 1 unspecified atom stereocenters. The fraction of sp³-hybridized carbons (Fsp3) is 0.846. The number of nitrogens with zero attached hydrogens (tertiary/aromatic N) is 1. The Morgan fingerprint density at radius 3 is 3.00 bits per heavy atom. The van der Waals surface area contributed by atoms with Crippen LogP contribution in [0.4, 0.5) is 0 Å². The van der Waals surface area contributed by atoms with E-state index in [1.54, 1.807) is 0 Å². The maximum Gasteiger partial charge on any atom is 0.0672 e. The van der Waals surface area contributed by atoms with Crippen LogP contribution in [-0.2, 0) is 4.74 Å². The van der Waals surface area contributed by atoms with Gasteiger partial charge >= 0.3 is 0 Å². The summed E-state index contributed by atoms with van der Waals surface area (Å²) >= 11 is 0. The molecular weight excluding hydrogens is 200 g/mol. The molecule has 0 aromatic heterocycles. The summed E-state index contributed by atoms with van der Waals surface area (Å²) in [6, 6.07) is 0.745. The van der Waals surface area contributed by atoms with Crippen molar-refractivity contribution in [2.24, 2.45) is 5.92 Å². The molecule has 1 atom stereocenters. The third-order valence-electron chi connectivity index (χ3n) is 3.38. The summed E-state index contributed by atoms with van der Waals surface area (Å²) in [6.07, 6.45) is 2.86. The molecule has 1 saturated heterocycles. The van der Waals surface area contributed by atoms with Crippen molar-refractivity contribution < 1.29 is 4.74 Å². The van der Waals surface area contributed by atoms with E-state index < -0.39 is 0 Å². The van der Waals surface area contributed by atoms with Gasteiger partial charge in [0.15, 0.2) is 0 Å². The van der Waals surface area contributed by atoms with Crippen LogP contribution in [0, 0.1) is 5.92 Å². The molecule has 0 aromatic carbocycles. The highest BCUT2D eigenvalue weighted by Crippen LogP contribution is 2.33. The quantitative estimate of drug-likeness (QED) is 0.543. The van der Waals surface area contributed by atoms with Gasteiger partial charge in [-0.05, 0) is 25.7 Å². The number of rotatable bonds is 6. The molecule has 2 aliphatic rings. The van der Waals surface area contributed by atoms with Crippen LogP contribution in [0.25, 0.3) is 0 Å². The first kappa shape index (κ1) is 12.1. The molecule has 1 N–H and O–H groups in total. The summed E-state index contributed by atoms with van der Waals surface area (Å²) in [7, 11) is 0. The van der Waals surface area contributed by atoms with Crippen LogP contribution < -0.4 is 5.32 Å². The molecule has 0 aromatic rings. The minimum absolute atomic E-state index is 0.706. The van der Waals surface area contributed by atoms with Crippen molar-refractivity contribution in [2.75, 3.05) is 39.4 Å². The Kier molecular flexibility index (Phi) is 4.38. The standard InChI is InChI=1S/C13H24N2O/c1-11(2)10-16-8-7-15-6-5-14-13(9-15)12-3-4-12/h12-14H,1,3-10H2,2H3. The maximum atomic E-state index is 5.55. The summed E-state index contributed by atoms with van der Waals surface area (Å²) in [5, 5.41) is 3.62. The highest BCUT2D eigenvalue weighted by Gasteiger charge is 2.33. The lowest BCUT2D eigenvalue weighted by Crippen LogP contribution is -2.52. The molecule has 3 heteroatoms. The summed E-state index contributed by atoms with van der Waals surface area (Å²) in [5.74, 6) is 0.958. The van der Waals surface area contributed by atoms with E-state index in [1.807, 2.05) is 6.92 Å². The Balaban J connectivity index is 1.59. The summed E-state index contributed by atoms with van der Waals surface area (Å²) in [6.45, 7) is 12.0. The summed E-state index contributed by atoms with van der Waals surface area (Å²) in [5.41, 5.74) is 1.11. The van der Waals surface area contributed by atoms with Gasteiger partial charge in [-0.15, -0.1) is 0 Å². The van der Waals surface area contributed by atoms with E-state index in [0.29, 0.717) is 6.61 Å². The zero-order valence-electron chi connectivity index (χ0n) is 10.4. The van der Waals surface area contributed by atoms with Gasteiger partial charge in [0, 0.05) is 32.2 Å². The average molecular weight is 224 g/mol. The van der Waals surface area contributed by atoms with Crippen molar-refractivity contribution in [1.82, 2.24) is 10.2 Å². The first-order chi connectivity index (χ1) is 7.75. The largest absolute Gasteiger partial charge is 0.376 e. The van der Waals surface area contributed by atoms with Crippen molar-refractivity contribution >= 4 is 0 Å². The normalized spacial score (nSPS) is 26.9. The Labute approximate surface area is 98.8 Å². The van der Waals surface area contributed by atoms with Gasteiger partial charge in [-0.2, -0.15) is 0 Å². The number of hydrogen-bond donors (Lipinski definition) is 1. The van der Waals surface area contributed by atoms with Crippen molar-refractivity contribution in [2.45, 2.75) is 25.8 Å². The molecule has 92 valence electrons. The van der Waals surface area contributed by atoms with E-state index >= 15 is 0 Å². The molecule has 0 bridgehead atoms. The minimum atomic E-state index is 0.706. The van der Waals surface area contributed by atoms with Crippen LogP contribution in [0.3, 0.4) is 0 Å². The molecule has 1 heterocycles. The summed E-state index contributed by atoms with van der Waals surface area (Å²) < 4.78 is 5.55. The lowest BCUT2D eigenvalue weighted by Gasteiger charge is -2.33. The molecule has 0 amide bonds. The first-order valence-electron chi connectivity index (χ1n) is 6.43. The van der Waals surface area contributed by atoms with E-state index in [4.69, 9.17) is 4.74 Å². The van der Waals surface area contributed by atoms with Gasteiger partial charge in [-0.3, -0.25) is 4.90 Å². The number of hydrogen-bond acceptors (Lipinski definition) is 3. The third kappa shape index (κ3) is 3.89. The lowest BCUT2D eigenvalue weighted by molar-refractivity contribution is 0.102. The molecule has 2 fully saturated rings. The zero-order valence-corrected chi connectivity index (χ0v) is 10.4. The van der Waals surface area contributed by atoms with Crippen molar-refractivity contribution in [3.63, 3.8) is 0 Å². The molecule has 1 aliphatic carbocycles. The van der Waals surface area contributed by atoms with Crippen LogP contribution in [0.1, 0.15) is 19.8 Å². The molecule has 1 aliphatic heterocycles. The van der Waals surface area contributed by atoms with Gasteiger partial charge in [0.2, 0.25) is 0 Å². The minimum Gasteiger partial charge on any atom is -0.376 e. The molecular formula is C13H24N2O. The Morgan fingerprint density at radius 2 is 2.31 bits per heavy atom. The number of nitrogens with one attached hydrogen (secondary N) is 1. The molecule has 0 spiro atoms. The van der Waals surface area contributed by atoms with E-state index in [-0.39, 0.29) is 0 Å². The first-order valence-corrected chi connectivity index (χ1v) is 6.43. The van der Waals surface area contributed by atoms with E-state index in [9.17, 15) is 0 Å². The highest BCUT2D eigenvalue weighted by atomic mass is 16.5.